The molecule has 0 saturated carbocycles. The average Bonchev–Trinajstić information content (AvgIpc) is 2.85. The fraction of sp³-hybridized carbons (Fsp3) is 0.786. The lowest BCUT2D eigenvalue weighted by Crippen LogP contribution is -2.37. The summed E-state index contributed by atoms with van der Waals surface area (Å²) in [5.74, 6) is 0.803. The third kappa shape index (κ3) is 3.77. The molecule has 0 aromatic carbocycles. The van der Waals surface area contributed by atoms with Gasteiger partial charge >= 0.3 is 0 Å². The second-order valence-electron chi connectivity index (χ2n) is 5.42. The van der Waals surface area contributed by atoms with Crippen molar-refractivity contribution in [2.45, 2.75) is 39.2 Å². The van der Waals surface area contributed by atoms with Crippen LogP contribution in [0.25, 0.3) is 0 Å². The van der Waals surface area contributed by atoms with Crippen LogP contribution in [-0.2, 0) is 6.42 Å². The summed E-state index contributed by atoms with van der Waals surface area (Å²) in [5, 5.41) is 4.88. The van der Waals surface area contributed by atoms with Crippen molar-refractivity contribution in [3.8, 4) is 0 Å². The molecule has 1 fully saturated rings. The molecule has 2 rings (SSSR count). The molecule has 1 aliphatic heterocycles. The fourth-order valence-corrected chi connectivity index (χ4v) is 3.44. The molecular formula is C14H25N3S. The van der Waals surface area contributed by atoms with Gasteiger partial charge in [-0.2, -0.15) is 0 Å². The van der Waals surface area contributed by atoms with Crippen molar-refractivity contribution in [3.05, 3.63) is 16.1 Å². The van der Waals surface area contributed by atoms with Crippen molar-refractivity contribution in [2.75, 3.05) is 26.7 Å². The first-order valence-electron chi connectivity index (χ1n) is 7.05. The van der Waals surface area contributed by atoms with Crippen LogP contribution >= 0.6 is 11.3 Å². The molecule has 2 atom stereocenters. The number of thiazole rings is 1. The number of hydrogen-bond donors (Lipinski definition) is 1. The minimum atomic E-state index is 0.391. The maximum absolute atomic E-state index is 4.51. The predicted octanol–water partition coefficient (Wildman–Crippen LogP) is 2.70. The van der Waals surface area contributed by atoms with Gasteiger partial charge in [0.25, 0.3) is 0 Å². The molecule has 3 nitrogen and oxygen atoms in total. The first-order valence-corrected chi connectivity index (χ1v) is 7.87. The molecule has 102 valence electrons. The molecule has 1 N–H and O–H groups in total. The average molecular weight is 267 g/mol. The number of likely N-dealkylation sites (tertiary alicyclic amines) is 1. The molecule has 0 amide bonds. The summed E-state index contributed by atoms with van der Waals surface area (Å²) in [6.07, 6.45) is 5.82. The lowest BCUT2D eigenvalue weighted by molar-refractivity contribution is 0.203. The standard InChI is InChI=1S/C14H25N3S/c1-4-13-9-16-14(18-13)11(2)15-8-12-6-5-7-17(3)10-12/h9,11-12,15H,4-8,10H2,1-3H3. The van der Waals surface area contributed by atoms with Crippen LogP contribution < -0.4 is 5.32 Å². The van der Waals surface area contributed by atoms with Gasteiger partial charge < -0.3 is 10.2 Å². The molecule has 2 heterocycles. The van der Waals surface area contributed by atoms with Crippen LogP contribution in [0.3, 0.4) is 0 Å². The van der Waals surface area contributed by atoms with E-state index < -0.39 is 0 Å². The van der Waals surface area contributed by atoms with Gasteiger partial charge in [-0.25, -0.2) is 4.98 Å². The van der Waals surface area contributed by atoms with Gasteiger partial charge in [0.2, 0.25) is 0 Å². The minimum absolute atomic E-state index is 0.391. The highest BCUT2D eigenvalue weighted by atomic mass is 32.1. The number of nitrogens with zero attached hydrogens (tertiary/aromatic N) is 2. The number of rotatable bonds is 5. The monoisotopic (exact) mass is 267 g/mol. The van der Waals surface area contributed by atoms with Crippen molar-refractivity contribution < 1.29 is 0 Å². The summed E-state index contributed by atoms with van der Waals surface area (Å²) in [5.41, 5.74) is 0. The highest BCUT2D eigenvalue weighted by molar-refractivity contribution is 7.11. The molecule has 1 aliphatic rings. The van der Waals surface area contributed by atoms with Crippen LogP contribution in [0.5, 0.6) is 0 Å². The normalized spacial score (nSPS) is 23.2. The summed E-state index contributed by atoms with van der Waals surface area (Å²) < 4.78 is 0. The van der Waals surface area contributed by atoms with Gasteiger partial charge in [-0.1, -0.05) is 6.92 Å². The van der Waals surface area contributed by atoms with Crippen molar-refractivity contribution in [3.63, 3.8) is 0 Å². The van der Waals surface area contributed by atoms with E-state index in [1.54, 1.807) is 0 Å². The lowest BCUT2D eigenvalue weighted by atomic mass is 9.98. The number of piperidine rings is 1. The Labute approximate surface area is 115 Å². The molecular weight excluding hydrogens is 242 g/mol. The predicted molar refractivity (Wildman–Crippen MR) is 78.1 cm³/mol. The van der Waals surface area contributed by atoms with Crippen molar-refractivity contribution in [1.29, 1.82) is 0 Å². The maximum atomic E-state index is 4.51. The van der Waals surface area contributed by atoms with Crippen LogP contribution in [-0.4, -0.2) is 36.6 Å². The molecule has 2 unspecified atom stereocenters. The Bertz CT molecular complexity index is 364. The Morgan fingerprint density at radius 3 is 3.11 bits per heavy atom. The lowest BCUT2D eigenvalue weighted by Gasteiger charge is -2.30. The van der Waals surface area contributed by atoms with Gasteiger partial charge in [-0.05, 0) is 52.2 Å². The Balaban J connectivity index is 1.78. The number of aryl methyl sites for hydroxylation is 1. The minimum Gasteiger partial charge on any atom is -0.308 e. The maximum Gasteiger partial charge on any atom is 0.109 e. The third-order valence-electron chi connectivity index (χ3n) is 3.73. The van der Waals surface area contributed by atoms with Gasteiger partial charge in [0, 0.05) is 17.6 Å². The molecule has 1 aromatic heterocycles. The van der Waals surface area contributed by atoms with Crippen LogP contribution in [0, 0.1) is 5.92 Å². The number of aromatic nitrogens is 1. The Kier molecular flexibility index (Phi) is 5.15. The van der Waals surface area contributed by atoms with Gasteiger partial charge in [0.1, 0.15) is 5.01 Å². The number of hydrogen-bond acceptors (Lipinski definition) is 4. The van der Waals surface area contributed by atoms with E-state index in [1.165, 1.54) is 35.8 Å². The molecule has 0 spiro atoms. The molecule has 4 heteroatoms. The smallest absolute Gasteiger partial charge is 0.109 e. The highest BCUT2D eigenvalue weighted by Crippen LogP contribution is 2.21. The second-order valence-corrected chi connectivity index (χ2v) is 6.57. The van der Waals surface area contributed by atoms with Crippen LogP contribution in [0.2, 0.25) is 0 Å². The van der Waals surface area contributed by atoms with E-state index in [9.17, 15) is 0 Å². The summed E-state index contributed by atoms with van der Waals surface area (Å²) >= 11 is 1.84. The Hall–Kier alpha value is -0.450. The largest absolute Gasteiger partial charge is 0.308 e. The van der Waals surface area contributed by atoms with Gasteiger partial charge in [-0.15, -0.1) is 11.3 Å². The summed E-state index contributed by atoms with van der Waals surface area (Å²) in [4.78, 5) is 8.34. The van der Waals surface area contributed by atoms with Crippen LogP contribution in [0.4, 0.5) is 0 Å². The van der Waals surface area contributed by atoms with E-state index >= 15 is 0 Å². The van der Waals surface area contributed by atoms with Crippen LogP contribution in [0.15, 0.2) is 6.20 Å². The Morgan fingerprint density at radius 1 is 1.61 bits per heavy atom. The van der Waals surface area contributed by atoms with E-state index in [2.05, 4.69) is 36.1 Å². The molecule has 0 radical (unpaired) electrons. The van der Waals surface area contributed by atoms with Gasteiger partial charge in [0.05, 0.1) is 6.04 Å². The first kappa shape index (κ1) is 14.0. The SMILES string of the molecule is CCc1cnc(C(C)NCC2CCCN(C)C2)s1. The summed E-state index contributed by atoms with van der Waals surface area (Å²) in [6.45, 7) is 8.03. The second kappa shape index (κ2) is 6.64. The quantitative estimate of drug-likeness (QED) is 0.889. The zero-order chi connectivity index (χ0) is 13.0. The van der Waals surface area contributed by atoms with E-state index in [0.717, 1.165) is 18.9 Å². The summed E-state index contributed by atoms with van der Waals surface area (Å²) in [7, 11) is 2.23. The molecule has 18 heavy (non-hydrogen) atoms. The van der Waals surface area contributed by atoms with E-state index in [1.807, 2.05) is 17.5 Å². The molecule has 0 aliphatic carbocycles. The van der Waals surface area contributed by atoms with Crippen LogP contribution in [0.1, 0.15) is 42.6 Å². The van der Waals surface area contributed by atoms with Crippen molar-refractivity contribution in [1.82, 2.24) is 15.2 Å². The molecule has 0 bridgehead atoms. The summed E-state index contributed by atoms with van der Waals surface area (Å²) in [6, 6.07) is 0.391. The van der Waals surface area contributed by atoms with Gasteiger partial charge in [0.15, 0.2) is 0 Å². The zero-order valence-corrected chi connectivity index (χ0v) is 12.6. The molecule has 1 saturated heterocycles. The first-order chi connectivity index (χ1) is 8.69. The Morgan fingerprint density at radius 2 is 2.44 bits per heavy atom. The highest BCUT2D eigenvalue weighted by Gasteiger charge is 2.18. The third-order valence-corrected chi connectivity index (χ3v) is 5.05. The van der Waals surface area contributed by atoms with Gasteiger partial charge in [-0.3, -0.25) is 0 Å². The van der Waals surface area contributed by atoms with Crippen molar-refractivity contribution in [2.24, 2.45) is 5.92 Å². The zero-order valence-electron chi connectivity index (χ0n) is 11.8. The fourth-order valence-electron chi connectivity index (χ4n) is 2.56. The van der Waals surface area contributed by atoms with E-state index in [-0.39, 0.29) is 0 Å². The topological polar surface area (TPSA) is 28.2 Å². The number of nitrogens with one attached hydrogen (secondary N) is 1. The van der Waals surface area contributed by atoms with E-state index in [0.29, 0.717) is 6.04 Å². The molecule has 1 aromatic rings. The van der Waals surface area contributed by atoms with E-state index in [4.69, 9.17) is 0 Å². The van der Waals surface area contributed by atoms with Crippen molar-refractivity contribution >= 4 is 11.3 Å².